The Hall–Kier alpha value is -1.20. The van der Waals surface area contributed by atoms with E-state index in [0.717, 1.165) is 12.5 Å². The van der Waals surface area contributed by atoms with E-state index in [0.29, 0.717) is 37.1 Å². The van der Waals surface area contributed by atoms with Crippen molar-refractivity contribution in [3.8, 4) is 0 Å². The Morgan fingerprint density at radius 2 is 1.96 bits per heavy atom. The van der Waals surface area contributed by atoms with Gasteiger partial charge >= 0.3 is 0 Å². The zero-order chi connectivity index (χ0) is 19.4. The minimum Gasteiger partial charge on any atom is -0.389 e. The molecule has 27 heavy (non-hydrogen) atoms. The van der Waals surface area contributed by atoms with Gasteiger partial charge in [-0.1, -0.05) is 50.3 Å². The number of ether oxygens (including phenoxy) is 1. The van der Waals surface area contributed by atoms with Crippen LogP contribution in [0.5, 0.6) is 0 Å². The summed E-state index contributed by atoms with van der Waals surface area (Å²) in [5.74, 6) is 1.54. The predicted octanol–water partition coefficient (Wildman–Crippen LogP) is 3.25. The maximum atomic E-state index is 10.3. The topological polar surface area (TPSA) is 44.7 Å². The van der Waals surface area contributed by atoms with Crippen LogP contribution in [-0.4, -0.2) is 56.5 Å². The molecule has 1 fully saturated rings. The van der Waals surface area contributed by atoms with E-state index >= 15 is 0 Å². The van der Waals surface area contributed by atoms with Crippen molar-refractivity contribution >= 4 is 0 Å². The van der Waals surface area contributed by atoms with Crippen LogP contribution in [0.3, 0.4) is 0 Å². The quantitative estimate of drug-likeness (QED) is 0.619. The van der Waals surface area contributed by atoms with Crippen molar-refractivity contribution in [3.63, 3.8) is 0 Å². The lowest BCUT2D eigenvalue weighted by Crippen LogP contribution is -2.48. The fourth-order valence-corrected chi connectivity index (χ4v) is 4.67. The van der Waals surface area contributed by atoms with Crippen molar-refractivity contribution in [1.82, 2.24) is 10.2 Å². The Bertz CT molecular complexity index is 627. The van der Waals surface area contributed by atoms with Crippen molar-refractivity contribution in [1.29, 1.82) is 0 Å². The Labute approximate surface area is 164 Å². The van der Waals surface area contributed by atoms with E-state index < -0.39 is 6.10 Å². The Morgan fingerprint density at radius 1 is 1.22 bits per heavy atom. The van der Waals surface area contributed by atoms with E-state index in [9.17, 15) is 5.11 Å². The van der Waals surface area contributed by atoms with E-state index in [2.05, 4.69) is 68.5 Å². The van der Waals surface area contributed by atoms with Gasteiger partial charge in [0.25, 0.3) is 0 Å². The molecule has 4 rings (SSSR count). The summed E-state index contributed by atoms with van der Waals surface area (Å²) in [5, 5.41) is 13.7. The van der Waals surface area contributed by atoms with Crippen molar-refractivity contribution in [2.24, 2.45) is 17.3 Å². The molecule has 0 amide bonds. The summed E-state index contributed by atoms with van der Waals surface area (Å²) in [5.41, 5.74) is 3.16. The molecule has 4 heteroatoms. The number of nitrogens with one attached hydrogen (secondary N) is 1. The smallest absolute Gasteiger partial charge is 0.0897 e. The van der Waals surface area contributed by atoms with E-state index in [1.165, 1.54) is 24.0 Å². The van der Waals surface area contributed by atoms with Crippen LogP contribution in [0.1, 0.15) is 38.3 Å². The van der Waals surface area contributed by atoms with E-state index in [-0.39, 0.29) is 0 Å². The van der Waals surface area contributed by atoms with Crippen LogP contribution in [-0.2, 0) is 4.74 Å². The number of hydrogen-bond donors (Lipinski definition) is 2. The van der Waals surface area contributed by atoms with Gasteiger partial charge in [0, 0.05) is 19.1 Å². The first-order valence-electron chi connectivity index (χ1n) is 10.3. The molecule has 3 aliphatic rings. The molecular formula is C23H36N2O2. The van der Waals surface area contributed by atoms with Gasteiger partial charge in [-0.05, 0) is 55.3 Å². The van der Waals surface area contributed by atoms with Gasteiger partial charge in [0.1, 0.15) is 0 Å². The van der Waals surface area contributed by atoms with Crippen LogP contribution in [0.4, 0.5) is 0 Å². The average Bonchev–Trinajstić information content (AvgIpc) is 2.65. The largest absolute Gasteiger partial charge is 0.389 e. The first-order valence-corrected chi connectivity index (χ1v) is 10.3. The zero-order valence-corrected chi connectivity index (χ0v) is 17.3. The van der Waals surface area contributed by atoms with Crippen LogP contribution in [0.15, 0.2) is 42.0 Å². The summed E-state index contributed by atoms with van der Waals surface area (Å²) < 4.78 is 5.84. The van der Waals surface area contributed by atoms with Crippen LogP contribution < -0.4 is 5.32 Å². The van der Waals surface area contributed by atoms with Gasteiger partial charge < -0.3 is 20.1 Å². The molecule has 1 aromatic carbocycles. The highest BCUT2D eigenvalue weighted by atomic mass is 16.5. The highest BCUT2D eigenvalue weighted by Gasteiger charge is 2.50. The standard InChI is InChI=1S/C23H36N2O2/c1-23(2)19-11-10-18(21(23)12-19)15-27-16-20(26)13-24-14-22(25(3)4)17-8-6-5-7-9-17/h5-10,19-22,24,26H,11-16H2,1-4H3. The van der Waals surface area contributed by atoms with Crippen molar-refractivity contribution < 1.29 is 9.84 Å². The number of hydrogen-bond acceptors (Lipinski definition) is 4. The molecule has 4 unspecified atom stereocenters. The second kappa shape index (κ2) is 8.87. The van der Waals surface area contributed by atoms with Crippen molar-refractivity contribution in [3.05, 3.63) is 47.5 Å². The Balaban J connectivity index is 1.36. The zero-order valence-electron chi connectivity index (χ0n) is 17.3. The second-order valence-electron chi connectivity index (χ2n) is 9.04. The molecule has 0 spiro atoms. The van der Waals surface area contributed by atoms with Crippen LogP contribution >= 0.6 is 0 Å². The molecule has 1 saturated carbocycles. The minimum absolute atomic E-state index is 0.292. The lowest BCUT2D eigenvalue weighted by atomic mass is 9.49. The summed E-state index contributed by atoms with van der Waals surface area (Å²) in [6.45, 7) is 7.17. The molecule has 0 radical (unpaired) electrons. The van der Waals surface area contributed by atoms with Gasteiger partial charge in [0.15, 0.2) is 0 Å². The van der Waals surface area contributed by atoms with Crippen LogP contribution in [0.25, 0.3) is 0 Å². The van der Waals surface area contributed by atoms with E-state index in [1.807, 2.05) is 6.07 Å². The van der Waals surface area contributed by atoms with E-state index in [4.69, 9.17) is 4.74 Å². The number of fused-ring (bicyclic) bond motifs is 1. The lowest BCUT2D eigenvalue weighted by molar-refractivity contribution is -0.0235. The maximum absolute atomic E-state index is 10.3. The first kappa shape index (κ1) is 20.5. The molecule has 0 aromatic heterocycles. The third kappa shape index (κ3) is 4.80. The predicted molar refractivity (Wildman–Crippen MR) is 111 cm³/mol. The lowest BCUT2D eigenvalue weighted by Gasteiger charge is -2.56. The van der Waals surface area contributed by atoms with Gasteiger partial charge in [0.05, 0.1) is 19.3 Å². The molecule has 0 heterocycles. The molecule has 4 atom stereocenters. The Kier molecular flexibility index (Phi) is 6.74. The third-order valence-corrected chi connectivity index (χ3v) is 6.69. The highest BCUT2D eigenvalue weighted by Crippen LogP contribution is 2.59. The SMILES string of the molecule is CN(C)C(CNCC(O)COCC1=CCC2CC1C2(C)C)c1ccccc1. The molecule has 0 aliphatic heterocycles. The first-order chi connectivity index (χ1) is 12.9. The number of aliphatic hydroxyl groups is 1. The summed E-state index contributed by atoms with van der Waals surface area (Å²) in [4.78, 5) is 2.20. The third-order valence-electron chi connectivity index (χ3n) is 6.69. The van der Waals surface area contributed by atoms with Gasteiger partial charge in [-0.15, -0.1) is 0 Å². The normalized spacial score (nSPS) is 25.6. The Morgan fingerprint density at radius 3 is 2.59 bits per heavy atom. The van der Waals surface area contributed by atoms with Gasteiger partial charge in [-0.3, -0.25) is 0 Å². The summed E-state index contributed by atoms with van der Waals surface area (Å²) >= 11 is 0. The molecule has 2 bridgehead atoms. The average molecular weight is 373 g/mol. The molecule has 4 nitrogen and oxygen atoms in total. The summed E-state index contributed by atoms with van der Waals surface area (Å²) in [6, 6.07) is 10.8. The van der Waals surface area contributed by atoms with Crippen molar-refractivity contribution in [2.75, 3.05) is 40.4 Å². The number of nitrogens with zero attached hydrogens (tertiary/aromatic N) is 1. The van der Waals surface area contributed by atoms with Crippen LogP contribution in [0.2, 0.25) is 0 Å². The minimum atomic E-state index is -0.477. The summed E-state index contributed by atoms with van der Waals surface area (Å²) in [7, 11) is 4.17. The number of likely N-dealkylation sites (N-methyl/N-ethyl adjacent to an activating group) is 1. The molecule has 150 valence electrons. The maximum Gasteiger partial charge on any atom is 0.0897 e. The number of rotatable bonds is 10. The molecule has 1 aromatic rings. The van der Waals surface area contributed by atoms with Gasteiger partial charge in [0.2, 0.25) is 0 Å². The summed E-state index contributed by atoms with van der Waals surface area (Å²) in [6.07, 6.45) is 4.40. The van der Waals surface area contributed by atoms with Gasteiger partial charge in [-0.25, -0.2) is 0 Å². The second-order valence-corrected chi connectivity index (χ2v) is 9.04. The molecular weight excluding hydrogens is 336 g/mol. The fraction of sp³-hybridized carbons (Fsp3) is 0.652. The van der Waals surface area contributed by atoms with Crippen molar-refractivity contribution in [2.45, 2.75) is 38.8 Å². The van der Waals surface area contributed by atoms with E-state index in [1.54, 1.807) is 0 Å². The number of benzene rings is 1. The molecule has 2 N–H and O–H groups in total. The van der Waals surface area contributed by atoms with Gasteiger partial charge in [-0.2, -0.15) is 0 Å². The number of aliphatic hydroxyl groups excluding tert-OH is 1. The monoisotopic (exact) mass is 372 g/mol. The van der Waals surface area contributed by atoms with Crippen LogP contribution in [0, 0.1) is 17.3 Å². The molecule has 3 aliphatic carbocycles. The fourth-order valence-electron chi connectivity index (χ4n) is 4.67. The highest BCUT2D eigenvalue weighted by molar-refractivity contribution is 5.23. The molecule has 0 saturated heterocycles. The number of allylic oxidation sites excluding steroid dienone is 1.